The first-order valence-electron chi connectivity index (χ1n) is 11.5. The van der Waals surface area contributed by atoms with Crippen LogP contribution in [0.15, 0.2) is 57.7 Å². The lowest BCUT2D eigenvalue weighted by Crippen LogP contribution is -2.50. The quantitative estimate of drug-likeness (QED) is 0.578. The van der Waals surface area contributed by atoms with E-state index in [1.807, 2.05) is 12.1 Å². The summed E-state index contributed by atoms with van der Waals surface area (Å²) in [7, 11) is 1.67. The molecule has 174 valence electrons. The molecular formula is C26H30BrN3O3. The van der Waals surface area contributed by atoms with Crippen LogP contribution in [0.25, 0.3) is 6.08 Å². The Hall–Kier alpha value is -2.35. The molecule has 0 N–H and O–H groups in total. The average molecular weight is 512 g/mol. The zero-order valence-electron chi connectivity index (χ0n) is 19.2. The molecule has 6 nitrogen and oxygen atoms in total. The van der Waals surface area contributed by atoms with E-state index in [0.717, 1.165) is 66.5 Å². The molecule has 0 aliphatic carbocycles. The Morgan fingerprint density at radius 2 is 1.91 bits per heavy atom. The Kier molecular flexibility index (Phi) is 6.71. The molecule has 7 heteroatoms. The molecule has 0 spiro atoms. The number of hydrogen-bond donors (Lipinski definition) is 0. The van der Waals surface area contributed by atoms with Gasteiger partial charge in [-0.3, -0.25) is 9.80 Å². The predicted octanol–water partition coefficient (Wildman–Crippen LogP) is 4.29. The van der Waals surface area contributed by atoms with Gasteiger partial charge in [0.15, 0.2) is 6.10 Å². The maximum Gasteiger partial charge on any atom is 0.151 e. The van der Waals surface area contributed by atoms with Crippen LogP contribution < -0.4 is 9.47 Å². The number of ether oxygens (including phenoxy) is 2. The summed E-state index contributed by atoms with van der Waals surface area (Å²) in [5.74, 6) is 1.75. The van der Waals surface area contributed by atoms with Crippen LogP contribution in [0, 0.1) is 5.92 Å². The Bertz CT molecular complexity index is 1050. The highest BCUT2D eigenvalue weighted by Crippen LogP contribution is 2.39. The lowest BCUT2D eigenvalue weighted by Gasteiger charge is -2.36. The van der Waals surface area contributed by atoms with E-state index in [1.165, 1.54) is 11.1 Å². The molecule has 1 fully saturated rings. The Labute approximate surface area is 203 Å². The molecule has 2 unspecified atom stereocenters. The topological polar surface area (TPSA) is 46.5 Å². The van der Waals surface area contributed by atoms with Crippen LogP contribution in [0.5, 0.6) is 11.5 Å². The van der Waals surface area contributed by atoms with Crippen LogP contribution in [0.2, 0.25) is 0 Å². The number of nitrogens with zero attached hydrogens (tertiary/aromatic N) is 3. The number of halogens is 1. The Morgan fingerprint density at radius 1 is 1.15 bits per heavy atom. The van der Waals surface area contributed by atoms with Gasteiger partial charge in [0, 0.05) is 44.8 Å². The van der Waals surface area contributed by atoms with Crippen molar-refractivity contribution in [2.75, 3.05) is 53.0 Å². The first-order valence-corrected chi connectivity index (χ1v) is 12.3. The lowest BCUT2D eigenvalue weighted by molar-refractivity contribution is 0.0101. The highest BCUT2D eigenvalue weighted by atomic mass is 79.9. The molecule has 0 radical (unpaired) electrons. The monoisotopic (exact) mass is 511 g/mol. The normalized spacial score (nSPS) is 23.2. The number of hydrogen-bond acceptors (Lipinski definition) is 6. The van der Waals surface area contributed by atoms with Gasteiger partial charge in [-0.05, 0) is 40.5 Å². The van der Waals surface area contributed by atoms with Gasteiger partial charge in [-0.2, -0.15) is 0 Å². The standard InChI is InChI=1S/C26H30BrN3O3/c1-18(12-19-6-4-3-5-7-19)15-29-8-10-30(11-9-29)16-25-21-17-32-23-14-22(27)24(31-2)13-20(23)26(21)28-33-25/h3-7,12-14,21,25H,8-11,15-17H2,1-2H3. The van der Waals surface area contributed by atoms with E-state index in [1.54, 1.807) is 7.11 Å². The molecule has 0 aromatic heterocycles. The number of oxime groups is 1. The zero-order chi connectivity index (χ0) is 22.8. The van der Waals surface area contributed by atoms with Crippen LogP contribution in [0.4, 0.5) is 0 Å². The van der Waals surface area contributed by atoms with Gasteiger partial charge in [-0.25, -0.2) is 0 Å². The molecule has 0 saturated carbocycles. The van der Waals surface area contributed by atoms with Crippen LogP contribution in [-0.4, -0.2) is 74.6 Å². The molecule has 0 bridgehead atoms. The lowest BCUT2D eigenvalue weighted by atomic mass is 9.90. The SMILES string of the molecule is COc1cc2c(cc1Br)OCC1C2=NOC1CN1CCN(CC(C)=Cc2ccccc2)CC1. The fraction of sp³-hybridized carbons (Fsp3) is 0.423. The molecular weight excluding hydrogens is 482 g/mol. The highest BCUT2D eigenvalue weighted by Gasteiger charge is 2.41. The predicted molar refractivity (Wildman–Crippen MR) is 134 cm³/mol. The summed E-state index contributed by atoms with van der Waals surface area (Å²) in [6.45, 7) is 8.91. The van der Waals surface area contributed by atoms with Crippen molar-refractivity contribution >= 4 is 27.7 Å². The molecule has 3 aliphatic heterocycles. The van der Waals surface area contributed by atoms with Gasteiger partial charge in [-0.1, -0.05) is 47.1 Å². The second kappa shape index (κ2) is 9.87. The van der Waals surface area contributed by atoms with Crippen LogP contribution in [-0.2, 0) is 4.84 Å². The zero-order valence-corrected chi connectivity index (χ0v) is 20.8. The van der Waals surface area contributed by atoms with Gasteiger partial charge in [0.25, 0.3) is 0 Å². The molecule has 1 saturated heterocycles. The van der Waals surface area contributed by atoms with E-state index in [2.05, 4.69) is 74.2 Å². The fourth-order valence-electron chi connectivity index (χ4n) is 4.84. The van der Waals surface area contributed by atoms with Gasteiger partial charge in [0.1, 0.15) is 23.8 Å². The molecule has 2 aromatic rings. The van der Waals surface area contributed by atoms with Crippen molar-refractivity contribution in [1.29, 1.82) is 0 Å². The number of piperazine rings is 1. The Morgan fingerprint density at radius 3 is 2.67 bits per heavy atom. The summed E-state index contributed by atoms with van der Waals surface area (Å²) in [4.78, 5) is 10.9. The smallest absolute Gasteiger partial charge is 0.151 e. The van der Waals surface area contributed by atoms with Gasteiger partial charge >= 0.3 is 0 Å². The van der Waals surface area contributed by atoms with Crippen molar-refractivity contribution in [2.24, 2.45) is 11.1 Å². The van der Waals surface area contributed by atoms with Gasteiger partial charge in [0.05, 0.1) is 17.5 Å². The minimum Gasteiger partial charge on any atom is -0.496 e. The third kappa shape index (κ3) is 4.95. The largest absolute Gasteiger partial charge is 0.496 e. The van der Waals surface area contributed by atoms with Crippen LogP contribution in [0.1, 0.15) is 18.1 Å². The van der Waals surface area contributed by atoms with E-state index in [4.69, 9.17) is 14.3 Å². The highest BCUT2D eigenvalue weighted by molar-refractivity contribution is 9.10. The summed E-state index contributed by atoms with van der Waals surface area (Å²) in [6, 6.07) is 14.5. The number of benzene rings is 2. The number of methoxy groups -OCH3 is 1. The second-order valence-corrected chi connectivity index (χ2v) is 9.85. The third-order valence-corrected chi connectivity index (χ3v) is 7.24. The molecule has 0 amide bonds. The van der Waals surface area contributed by atoms with Crippen molar-refractivity contribution in [3.05, 3.63) is 63.6 Å². The summed E-state index contributed by atoms with van der Waals surface area (Å²) in [5, 5.41) is 4.47. The second-order valence-electron chi connectivity index (χ2n) is 9.00. The van der Waals surface area contributed by atoms with E-state index >= 15 is 0 Å². The van der Waals surface area contributed by atoms with E-state index in [9.17, 15) is 0 Å². The molecule has 3 heterocycles. The van der Waals surface area contributed by atoms with Crippen molar-refractivity contribution < 1.29 is 14.3 Å². The van der Waals surface area contributed by atoms with Gasteiger partial charge < -0.3 is 14.3 Å². The van der Waals surface area contributed by atoms with Gasteiger partial charge in [-0.15, -0.1) is 0 Å². The van der Waals surface area contributed by atoms with E-state index < -0.39 is 0 Å². The van der Waals surface area contributed by atoms with Crippen LogP contribution in [0.3, 0.4) is 0 Å². The fourth-order valence-corrected chi connectivity index (χ4v) is 5.33. The average Bonchev–Trinajstić information content (AvgIpc) is 3.23. The minimum atomic E-state index is 0.0223. The van der Waals surface area contributed by atoms with Crippen molar-refractivity contribution in [2.45, 2.75) is 13.0 Å². The van der Waals surface area contributed by atoms with Crippen molar-refractivity contribution in [3.63, 3.8) is 0 Å². The molecule has 5 rings (SSSR count). The van der Waals surface area contributed by atoms with E-state index in [-0.39, 0.29) is 12.0 Å². The first-order chi connectivity index (χ1) is 16.1. The summed E-state index contributed by atoms with van der Waals surface area (Å²) in [5.41, 5.74) is 4.61. The third-order valence-electron chi connectivity index (χ3n) is 6.62. The molecule has 2 atom stereocenters. The molecule has 2 aromatic carbocycles. The summed E-state index contributed by atoms with van der Waals surface area (Å²) < 4.78 is 12.4. The van der Waals surface area contributed by atoms with Crippen molar-refractivity contribution in [1.82, 2.24) is 9.80 Å². The summed E-state index contributed by atoms with van der Waals surface area (Å²) in [6.07, 6.45) is 2.31. The first kappa shape index (κ1) is 22.4. The van der Waals surface area contributed by atoms with Crippen LogP contribution >= 0.6 is 15.9 Å². The molecule has 3 aliphatic rings. The minimum absolute atomic E-state index is 0.0223. The summed E-state index contributed by atoms with van der Waals surface area (Å²) >= 11 is 3.53. The number of fused-ring (bicyclic) bond motifs is 3. The maximum absolute atomic E-state index is 6.07. The maximum atomic E-state index is 6.07. The van der Waals surface area contributed by atoms with Gasteiger partial charge in [0.2, 0.25) is 0 Å². The Balaban J connectivity index is 1.15. The molecule has 33 heavy (non-hydrogen) atoms. The van der Waals surface area contributed by atoms with E-state index in [0.29, 0.717) is 6.61 Å². The van der Waals surface area contributed by atoms with Crippen molar-refractivity contribution in [3.8, 4) is 11.5 Å². The number of rotatable bonds is 6.